The van der Waals surface area contributed by atoms with Gasteiger partial charge in [0, 0.05) is 12.7 Å². The van der Waals surface area contributed by atoms with Gasteiger partial charge < -0.3 is 18.9 Å². The third-order valence-corrected chi connectivity index (χ3v) is 7.52. The molecule has 3 aromatic rings. The number of ketones is 1. The molecule has 1 unspecified atom stereocenters. The summed E-state index contributed by atoms with van der Waals surface area (Å²) in [5.41, 5.74) is 1.24. The molecule has 0 amide bonds. The van der Waals surface area contributed by atoms with Crippen LogP contribution in [-0.4, -0.2) is 55.2 Å². The first-order valence-electron chi connectivity index (χ1n) is 9.98. The average Bonchev–Trinajstić information content (AvgIpc) is 3.19. The van der Waals surface area contributed by atoms with Gasteiger partial charge >= 0.3 is 0 Å². The van der Waals surface area contributed by atoms with E-state index in [0.29, 0.717) is 69.7 Å². The first-order chi connectivity index (χ1) is 15.4. The van der Waals surface area contributed by atoms with Crippen LogP contribution in [0.25, 0.3) is 21.6 Å². The number of benzene rings is 1. The van der Waals surface area contributed by atoms with Crippen molar-refractivity contribution in [2.45, 2.75) is 24.2 Å². The lowest BCUT2D eigenvalue weighted by Crippen LogP contribution is -2.27. The molecule has 2 aromatic heterocycles. The second-order valence-electron chi connectivity index (χ2n) is 7.26. The normalized spacial score (nSPS) is 15.7. The van der Waals surface area contributed by atoms with Crippen LogP contribution in [0, 0.1) is 0 Å². The van der Waals surface area contributed by atoms with E-state index in [1.165, 1.54) is 32.7 Å². The number of carbonyl (C=O) groups is 1. The first-order valence-corrected chi connectivity index (χ1v) is 11.7. The number of aromatic nitrogens is 2. The van der Waals surface area contributed by atoms with E-state index in [-0.39, 0.29) is 16.2 Å². The van der Waals surface area contributed by atoms with Gasteiger partial charge in [-0.05, 0) is 30.5 Å². The van der Waals surface area contributed by atoms with Crippen LogP contribution in [0.4, 0.5) is 0 Å². The van der Waals surface area contributed by atoms with Gasteiger partial charge in [0.2, 0.25) is 5.75 Å². The van der Waals surface area contributed by atoms with E-state index in [9.17, 15) is 9.59 Å². The lowest BCUT2D eigenvalue weighted by atomic mass is 9.96. The summed E-state index contributed by atoms with van der Waals surface area (Å²) in [5.74, 6) is 1.81. The summed E-state index contributed by atoms with van der Waals surface area (Å²) < 4.78 is 23.2. The van der Waals surface area contributed by atoms with Gasteiger partial charge in [0.05, 0.1) is 49.6 Å². The molecule has 32 heavy (non-hydrogen) atoms. The summed E-state index contributed by atoms with van der Waals surface area (Å²) in [6, 6.07) is 3.51. The number of Topliss-reactive ketones (excluding diaryl/α,β-unsaturated/α-hetero) is 1. The van der Waals surface area contributed by atoms with Crippen molar-refractivity contribution < 1.29 is 23.7 Å². The topological polar surface area (TPSA) is 88.9 Å². The van der Waals surface area contributed by atoms with Crippen LogP contribution in [0.2, 0.25) is 0 Å². The van der Waals surface area contributed by atoms with Crippen molar-refractivity contribution in [1.29, 1.82) is 0 Å². The molecule has 0 saturated heterocycles. The fourth-order valence-electron chi connectivity index (χ4n) is 3.94. The fraction of sp³-hybridized carbons (Fsp3) is 0.409. The van der Waals surface area contributed by atoms with Gasteiger partial charge in [0.25, 0.3) is 5.56 Å². The average molecular weight is 523 g/mol. The third-order valence-electron chi connectivity index (χ3n) is 5.51. The molecule has 0 aliphatic heterocycles. The Morgan fingerprint density at radius 1 is 1.12 bits per heavy atom. The zero-order chi connectivity index (χ0) is 23.0. The number of methoxy groups -OCH3 is 4. The molecule has 2 heterocycles. The zero-order valence-electron chi connectivity index (χ0n) is 18.2. The van der Waals surface area contributed by atoms with E-state index in [4.69, 9.17) is 23.9 Å². The molecule has 0 bridgehead atoms. The Kier molecular flexibility index (Phi) is 6.55. The molecule has 0 saturated carbocycles. The molecule has 1 aromatic carbocycles. The van der Waals surface area contributed by atoms with Gasteiger partial charge in [0.1, 0.15) is 10.7 Å². The Bertz CT molecular complexity index is 1230. The summed E-state index contributed by atoms with van der Waals surface area (Å²) >= 11 is 4.71. The Morgan fingerprint density at radius 3 is 2.41 bits per heavy atom. The van der Waals surface area contributed by atoms with Crippen LogP contribution in [0.3, 0.4) is 0 Å². The molecule has 1 aliphatic rings. The number of aryl methyl sites for hydroxylation is 1. The van der Waals surface area contributed by atoms with Gasteiger partial charge in [-0.25, -0.2) is 4.98 Å². The first kappa shape index (κ1) is 22.8. The number of rotatable bonds is 7. The maximum absolute atomic E-state index is 13.6. The van der Waals surface area contributed by atoms with Crippen LogP contribution < -0.4 is 19.8 Å². The second-order valence-corrected chi connectivity index (χ2v) is 9.36. The van der Waals surface area contributed by atoms with E-state index in [2.05, 4.69) is 15.9 Å². The minimum atomic E-state index is -0.228. The van der Waals surface area contributed by atoms with Gasteiger partial charge in [-0.1, -0.05) is 15.9 Å². The van der Waals surface area contributed by atoms with Crippen molar-refractivity contribution in [3.05, 3.63) is 32.9 Å². The monoisotopic (exact) mass is 522 g/mol. The van der Waals surface area contributed by atoms with E-state index in [0.717, 1.165) is 5.56 Å². The Hall–Kier alpha value is -2.43. The predicted molar refractivity (Wildman–Crippen MR) is 126 cm³/mol. The predicted octanol–water partition coefficient (Wildman–Crippen LogP) is 3.69. The van der Waals surface area contributed by atoms with E-state index in [1.807, 2.05) is 0 Å². The summed E-state index contributed by atoms with van der Waals surface area (Å²) in [6.45, 7) is 0.642. The number of carbonyl (C=O) groups excluding carboxylic acids is 1. The molecule has 8 nitrogen and oxygen atoms in total. The molecule has 0 radical (unpaired) electrons. The third kappa shape index (κ3) is 3.70. The number of fused-ring (bicyclic) bond motifs is 3. The van der Waals surface area contributed by atoms with Crippen LogP contribution in [0.15, 0.2) is 16.9 Å². The molecule has 170 valence electrons. The molecule has 1 atom stereocenters. The lowest BCUT2D eigenvalue weighted by molar-refractivity contribution is 0.0986. The zero-order valence-corrected chi connectivity index (χ0v) is 20.6. The van der Waals surface area contributed by atoms with Crippen molar-refractivity contribution in [2.75, 3.05) is 35.0 Å². The molecule has 0 fully saturated rings. The number of thiophene rings is 1. The second kappa shape index (κ2) is 9.21. The molecule has 0 spiro atoms. The number of hydrogen-bond acceptors (Lipinski definition) is 8. The van der Waals surface area contributed by atoms with E-state index >= 15 is 0 Å². The number of halogens is 1. The highest BCUT2D eigenvalue weighted by atomic mass is 79.9. The molecule has 0 N–H and O–H groups in total. The summed E-state index contributed by atoms with van der Waals surface area (Å²) in [4.78, 5) is 32.1. The Labute approximate surface area is 197 Å². The van der Waals surface area contributed by atoms with Crippen molar-refractivity contribution >= 4 is 43.3 Å². The molecular formula is C22H23BrN2O6S. The summed E-state index contributed by atoms with van der Waals surface area (Å²) in [5, 5.41) is 0.519. The number of hydrogen-bond donors (Lipinski definition) is 0. The maximum atomic E-state index is 13.6. The fourth-order valence-corrected chi connectivity index (χ4v) is 5.76. The van der Waals surface area contributed by atoms with Gasteiger partial charge in [-0.2, -0.15) is 0 Å². The van der Waals surface area contributed by atoms with Crippen LogP contribution in [0.1, 0.15) is 21.7 Å². The highest BCUT2D eigenvalue weighted by Gasteiger charge is 2.31. The van der Waals surface area contributed by atoms with Crippen LogP contribution in [0.5, 0.6) is 17.2 Å². The van der Waals surface area contributed by atoms with Gasteiger partial charge in [-0.15, -0.1) is 11.3 Å². The highest BCUT2D eigenvalue weighted by Crippen LogP contribution is 2.42. The smallest absolute Gasteiger partial charge is 0.262 e. The standard InChI is InChI=1S/C22H23BrN2O6S/c1-28-8-7-25-20(11-9-14(29-2)18(31-4)15(10-11)30-3)24-21-16(22(25)27)12-5-6-13(23)17(26)19(12)32-21/h9-10,13H,5-8H2,1-4H3. The maximum Gasteiger partial charge on any atom is 0.262 e. The molecule has 1 aliphatic carbocycles. The van der Waals surface area contributed by atoms with E-state index in [1.54, 1.807) is 23.8 Å². The van der Waals surface area contributed by atoms with Gasteiger partial charge in [-0.3, -0.25) is 14.2 Å². The quantitative estimate of drug-likeness (QED) is 0.437. The van der Waals surface area contributed by atoms with Crippen molar-refractivity contribution in [1.82, 2.24) is 9.55 Å². The molecular weight excluding hydrogens is 500 g/mol. The lowest BCUT2D eigenvalue weighted by Gasteiger charge is -2.17. The Morgan fingerprint density at radius 2 is 1.81 bits per heavy atom. The summed E-state index contributed by atoms with van der Waals surface area (Å²) in [7, 11) is 6.18. The number of nitrogens with zero attached hydrogens (tertiary/aromatic N) is 2. The van der Waals surface area contributed by atoms with Crippen molar-refractivity contribution in [2.24, 2.45) is 0 Å². The number of ether oxygens (including phenoxy) is 4. The minimum absolute atomic E-state index is 0.00595. The number of alkyl halides is 1. The SMILES string of the molecule is COCCn1c(-c2cc(OC)c(OC)c(OC)c2)nc2sc3c(c2c1=O)CCC(Br)C3=O. The largest absolute Gasteiger partial charge is 0.493 e. The van der Waals surface area contributed by atoms with Crippen LogP contribution in [-0.2, 0) is 17.7 Å². The Balaban J connectivity index is 2.01. The summed E-state index contributed by atoms with van der Waals surface area (Å²) in [6.07, 6.45) is 1.31. The van der Waals surface area contributed by atoms with E-state index < -0.39 is 0 Å². The molecule has 4 rings (SSSR count). The highest BCUT2D eigenvalue weighted by molar-refractivity contribution is 9.10. The van der Waals surface area contributed by atoms with Crippen molar-refractivity contribution in [3.63, 3.8) is 0 Å². The van der Waals surface area contributed by atoms with Crippen LogP contribution >= 0.6 is 27.3 Å². The van der Waals surface area contributed by atoms with Crippen molar-refractivity contribution in [3.8, 4) is 28.6 Å². The van der Waals surface area contributed by atoms with Gasteiger partial charge in [0.15, 0.2) is 17.3 Å². The minimum Gasteiger partial charge on any atom is -0.493 e. The molecule has 10 heteroatoms.